The van der Waals surface area contributed by atoms with Crippen LogP contribution in [0.15, 0.2) is 18.5 Å². The lowest BCUT2D eigenvalue weighted by Crippen LogP contribution is -2.31. The van der Waals surface area contributed by atoms with Crippen molar-refractivity contribution in [1.29, 1.82) is 0 Å². The van der Waals surface area contributed by atoms with Crippen molar-refractivity contribution in [3.63, 3.8) is 0 Å². The molecule has 0 aliphatic heterocycles. The first-order chi connectivity index (χ1) is 10.1. The molecule has 3 unspecified atom stereocenters. The molecular weight excluding hydrogens is 260 g/mol. The first kappa shape index (κ1) is 16.3. The van der Waals surface area contributed by atoms with E-state index in [0.29, 0.717) is 5.92 Å². The van der Waals surface area contributed by atoms with E-state index in [0.717, 1.165) is 30.7 Å². The highest BCUT2D eigenvalue weighted by atomic mass is 16.5. The Labute approximate surface area is 129 Å². The van der Waals surface area contributed by atoms with Crippen LogP contribution >= 0.6 is 0 Å². The molecule has 118 valence electrons. The maximum atomic E-state index is 5.81. The van der Waals surface area contributed by atoms with Crippen molar-refractivity contribution in [1.82, 2.24) is 10.3 Å². The maximum Gasteiger partial charge on any atom is 0.138 e. The second kappa shape index (κ2) is 7.79. The molecule has 21 heavy (non-hydrogen) atoms. The van der Waals surface area contributed by atoms with Crippen molar-refractivity contribution >= 4 is 0 Å². The van der Waals surface area contributed by atoms with Crippen LogP contribution in [0.25, 0.3) is 0 Å². The number of ether oxygens (including phenoxy) is 1. The largest absolute Gasteiger partial charge is 0.489 e. The van der Waals surface area contributed by atoms with Gasteiger partial charge in [0.1, 0.15) is 5.75 Å². The summed E-state index contributed by atoms with van der Waals surface area (Å²) in [4.78, 5) is 4.41. The molecule has 3 nitrogen and oxygen atoms in total. The van der Waals surface area contributed by atoms with Gasteiger partial charge in [-0.05, 0) is 69.2 Å². The average Bonchev–Trinajstić information content (AvgIpc) is 2.45. The topological polar surface area (TPSA) is 34.2 Å². The van der Waals surface area contributed by atoms with Crippen LogP contribution in [0.1, 0.15) is 58.4 Å². The van der Waals surface area contributed by atoms with Crippen LogP contribution in [0.2, 0.25) is 0 Å². The van der Waals surface area contributed by atoms with Crippen molar-refractivity contribution in [2.24, 2.45) is 11.8 Å². The number of aromatic nitrogens is 1. The van der Waals surface area contributed by atoms with Gasteiger partial charge >= 0.3 is 0 Å². The number of pyridine rings is 1. The molecule has 1 N–H and O–H groups in total. The summed E-state index contributed by atoms with van der Waals surface area (Å²) in [5.74, 6) is 3.04. The highest BCUT2D eigenvalue weighted by Gasteiger charge is 2.29. The highest BCUT2D eigenvalue weighted by molar-refractivity contribution is 5.27. The summed E-state index contributed by atoms with van der Waals surface area (Å²) >= 11 is 0. The van der Waals surface area contributed by atoms with Crippen LogP contribution in [0.3, 0.4) is 0 Å². The smallest absolute Gasteiger partial charge is 0.138 e. The minimum Gasteiger partial charge on any atom is -0.489 e. The Morgan fingerprint density at radius 2 is 2.14 bits per heavy atom. The second-order valence-corrected chi connectivity index (χ2v) is 6.71. The monoisotopic (exact) mass is 290 g/mol. The van der Waals surface area contributed by atoms with Crippen molar-refractivity contribution in [3.05, 3.63) is 24.0 Å². The number of rotatable bonds is 6. The molecule has 0 radical (unpaired) electrons. The van der Waals surface area contributed by atoms with E-state index < -0.39 is 0 Å². The van der Waals surface area contributed by atoms with E-state index in [1.165, 1.54) is 24.8 Å². The molecule has 0 saturated heterocycles. The fraction of sp³-hybridized carbons (Fsp3) is 0.722. The Balaban J connectivity index is 2.14. The Morgan fingerprint density at radius 3 is 2.86 bits per heavy atom. The van der Waals surface area contributed by atoms with Gasteiger partial charge in [0.25, 0.3) is 0 Å². The van der Waals surface area contributed by atoms with Crippen LogP contribution in [-0.2, 0) is 0 Å². The molecule has 1 saturated carbocycles. The second-order valence-electron chi connectivity index (χ2n) is 6.71. The quantitative estimate of drug-likeness (QED) is 0.860. The third-order valence-electron chi connectivity index (χ3n) is 4.45. The zero-order valence-corrected chi connectivity index (χ0v) is 13.9. The molecule has 1 aliphatic carbocycles. The van der Waals surface area contributed by atoms with Crippen molar-refractivity contribution in [2.45, 2.75) is 59.0 Å². The van der Waals surface area contributed by atoms with Crippen molar-refractivity contribution in [2.75, 3.05) is 13.1 Å². The SMILES string of the molecule is CCNCC1CCC(C)CC1c1cncc(OC(C)C)c1. The summed E-state index contributed by atoms with van der Waals surface area (Å²) in [6.07, 6.45) is 7.99. The van der Waals surface area contributed by atoms with Gasteiger partial charge in [0.15, 0.2) is 0 Å². The molecule has 3 heteroatoms. The third kappa shape index (κ3) is 4.70. The van der Waals surface area contributed by atoms with Gasteiger partial charge < -0.3 is 10.1 Å². The fourth-order valence-corrected chi connectivity index (χ4v) is 3.40. The van der Waals surface area contributed by atoms with Crippen LogP contribution in [-0.4, -0.2) is 24.2 Å². The minimum absolute atomic E-state index is 0.199. The molecule has 3 atom stereocenters. The minimum atomic E-state index is 0.199. The summed E-state index contributed by atoms with van der Waals surface area (Å²) in [6, 6.07) is 2.20. The van der Waals surface area contributed by atoms with Gasteiger partial charge in [-0.15, -0.1) is 0 Å². The molecule has 0 amide bonds. The van der Waals surface area contributed by atoms with Crippen LogP contribution in [0, 0.1) is 11.8 Å². The Hall–Kier alpha value is -1.09. The molecule has 1 aliphatic rings. The van der Waals surface area contributed by atoms with Crippen LogP contribution < -0.4 is 10.1 Å². The number of nitrogens with one attached hydrogen (secondary N) is 1. The summed E-state index contributed by atoms with van der Waals surface area (Å²) in [6.45, 7) is 10.8. The summed E-state index contributed by atoms with van der Waals surface area (Å²) in [7, 11) is 0. The van der Waals surface area contributed by atoms with Gasteiger partial charge in [0.2, 0.25) is 0 Å². The lowest BCUT2D eigenvalue weighted by atomic mass is 9.72. The van der Waals surface area contributed by atoms with Crippen LogP contribution in [0.4, 0.5) is 0 Å². The normalized spacial score (nSPS) is 26.0. The molecule has 0 spiro atoms. The number of hydrogen-bond acceptors (Lipinski definition) is 3. The average molecular weight is 290 g/mol. The van der Waals surface area contributed by atoms with Gasteiger partial charge in [-0.3, -0.25) is 4.98 Å². The van der Waals surface area contributed by atoms with E-state index in [9.17, 15) is 0 Å². The van der Waals surface area contributed by atoms with E-state index in [1.54, 1.807) is 0 Å². The molecule has 1 heterocycles. The molecule has 0 aromatic carbocycles. The van der Waals surface area contributed by atoms with Crippen molar-refractivity contribution in [3.8, 4) is 5.75 Å². The molecule has 1 fully saturated rings. The summed E-state index contributed by atoms with van der Waals surface area (Å²) in [5, 5.41) is 3.53. The molecule has 2 rings (SSSR count). The van der Waals surface area contributed by atoms with Gasteiger partial charge in [-0.1, -0.05) is 20.3 Å². The van der Waals surface area contributed by atoms with Gasteiger partial charge in [-0.25, -0.2) is 0 Å². The first-order valence-electron chi connectivity index (χ1n) is 8.42. The van der Waals surface area contributed by atoms with Gasteiger partial charge in [-0.2, -0.15) is 0 Å². The van der Waals surface area contributed by atoms with Gasteiger partial charge in [0.05, 0.1) is 12.3 Å². The van der Waals surface area contributed by atoms with Crippen molar-refractivity contribution < 1.29 is 4.74 Å². The zero-order chi connectivity index (χ0) is 15.2. The van der Waals surface area contributed by atoms with E-state index in [1.807, 2.05) is 12.4 Å². The lowest BCUT2D eigenvalue weighted by molar-refractivity contribution is 0.233. The summed E-state index contributed by atoms with van der Waals surface area (Å²) in [5.41, 5.74) is 1.35. The summed E-state index contributed by atoms with van der Waals surface area (Å²) < 4.78 is 5.81. The fourth-order valence-electron chi connectivity index (χ4n) is 3.40. The molecule has 0 bridgehead atoms. The van der Waals surface area contributed by atoms with E-state index in [4.69, 9.17) is 4.74 Å². The standard InChI is InChI=1S/C18H30N2O/c1-5-19-10-15-7-6-14(4)8-18(15)16-9-17(12-20-11-16)21-13(2)3/h9,11-15,18-19H,5-8,10H2,1-4H3. The van der Waals surface area contributed by atoms with E-state index in [-0.39, 0.29) is 6.10 Å². The lowest BCUT2D eigenvalue weighted by Gasteiger charge is -2.35. The molecular formula is C18H30N2O. The van der Waals surface area contributed by atoms with E-state index in [2.05, 4.69) is 44.1 Å². The zero-order valence-electron chi connectivity index (χ0n) is 13.9. The highest BCUT2D eigenvalue weighted by Crippen LogP contribution is 2.40. The number of hydrogen-bond donors (Lipinski definition) is 1. The first-order valence-corrected chi connectivity index (χ1v) is 8.42. The molecule has 1 aromatic rings. The van der Waals surface area contributed by atoms with Gasteiger partial charge in [0, 0.05) is 6.20 Å². The molecule has 1 aromatic heterocycles. The van der Waals surface area contributed by atoms with E-state index >= 15 is 0 Å². The predicted octanol–water partition coefficient (Wildman–Crippen LogP) is 4.00. The number of nitrogens with zero attached hydrogens (tertiary/aromatic N) is 1. The maximum absolute atomic E-state index is 5.81. The Bertz CT molecular complexity index is 431. The third-order valence-corrected chi connectivity index (χ3v) is 4.45. The Kier molecular flexibility index (Phi) is 6.04. The predicted molar refractivity (Wildman–Crippen MR) is 87.8 cm³/mol. The Morgan fingerprint density at radius 1 is 1.33 bits per heavy atom. The van der Waals surface area contributed by atoms with Crippen LogP contribution in [0.5, 0.6) is 5.75 Å².